The number of allylic oxidation sites excluding steroid dienone is 3. The Labute approximate surface area is 219 Å². The number of aromatic amines is 1. The summed E-state index contributed by atoms with van der Waals surface area (Å²) in [4.78, 5) is 13.2. The molecule has 3 heterocycles. The third-order valence-corrected chi connectivity index (χ3v) is 9.01. The van der Waals surface area contributed by atoms with Gasteiger partial charge in [-0.2, -0.15) is 5.10 Å². The molecule has 1 spiro atoms. The molecule has 1 aromatic heterocycles. The number of anilines is 2. The van der Waals surface area contributed by atoms with Crippen LogP contribution in [0.5, 0.6) is 5.75 Å². The molecule has 0 radical (unpaired) electrons. The molecule has 1 amide bonds. The molecule has 194 valence electrons. The average Bonchev–Trinajstić information content (AvgIpc) is 3.33. The second-order valence-corrected chi connectivity index (χ2v) is 11.4. The number of carbonyl (C=O) groups excluding carboxylic acids is 1. The summed E-state index contributed by atoms with van der Waals surface area (Å²) in [6.45, 7) is 5.94. The molecule has 1 saturated carbocycles. The van der Waals surface area contributed by atoms with Crippen molar-refractivity contribution < 1.29 is 22.7 Å². The molecule has 9 nitrogen and oxygen atoms in total. The van der Waals surface area contributed by atoms with Crippen LogP contribution in [0.25, 0.3) is 17.0 Å². The average molecular weight is 531 g/mol. The first-order valence-electron chi connectivity index (χ1n) is 12.1. The van der Waals surface area contributed by atoms with E-state index < -0.39 is 15.3 Å². The van der Waals surface area contributed by atoms with E-state index in [1.54, 1.807) is 19.3 Å². The molecule has 10 heteroatoms. The largest absolute Gasteiger partial charge is 0.497 e. The Morgan fingerprint density at radius 1 is 1.26 bits per heavy atom. The zero-order chi connectivity index (χ0) is 26.8. The molecule has 3 N–H and O–H groups in total. The number of amides is 1. The number of hydrogen-bond donors (Lipinski definition) is 3. The first-order chi connectivity index (χ1) is 18.2. The van der Waals surface area contributed by atoms with Gasteiger partial charge in [0.1, 0.15) is 11.5 Å². The normalized spacial score (nSPS) is 24.2. The fraction of sp³-hybridized carbons (Fsp3) is 0.214. The summed E-state index contributed by atoms with van der Waals surface area (Å²) in [6, 6.07) is 9.24. The van der Waals surface area contributed by atoms with Crippen LogP contribution in [-0.4, -0.2) is 38.7 Å². The zero-order valence-corrected chi connectivity index (χ0v) is 21.9. The van der Waals surface area contributed by atoms with Gasteiger partial charge in [-0.15, -0.1) is 0 Å². The van der Waals surface area contributed by atoms with Crippen LogP contribution in [0.2, 0.25) is 0 Å². The quantitative estimate of drug-likeness (QED) is 0.396. The lowest BCUT2D eigenvalue weighted by atomic mass is 9.91. The Kier molecular flexibility index (Phi) is 5.29. The number of fused-ring (bicyclic) bond motifs is 2. The Bertz CT molecular complexity index is 1750. The molecule has 3 aromatic rings. The lowest BCUT2D eigenvalue weighted by Gasteiger charge is -2.12. The van der Waals surface area contributed by atoms with Gasteiger partial charge in [-0.1, -0.05) is 12.6 Å². The molecule has 6 rings (SSSR count). The molecule has 2 aromatic carbocycles. The van der Waals surface area contributed by atoms with Gasteiger partial charge >= 0.3 is 0 Å². The number of sulfone groups is 1. The van der Waals surface area contributed by atoms with Crippen molar-refractivity contribution in [3.05, 3.63) is 82.6 Å². The van der Waals surface area contributed by atoms with Crippen molar-refractivity contribution in [2.24, 2.45) is 5.41 Å². The lowest BCUT2D eigenvalue weighted by molar-refractivity contribution is -0.122. The van der Waals surface area contributed by atoms with Crippen LogP contribution in [0.1, 0.15) is 30.4 Å². The van der Waals surface area contributed by atoms with E-state index in [0.29, 0.717) is 40.7 Å². The standard InChI is InChI=1S/C28H26N4O5S/c1-5-18(36-3)12-20-15(2)29-27(33)28(20)14-21(28)16-6-7-19-22(10-16)31-32-26(19)30-23-11-17-8-9-38(34,35)25(17)13-24(23)37-4/h5-13,21H,2,14H2,1,3-4H3,(H,29,33)(H2,30,31,32)/b18-5+,20-12+/t21-,28-/m0/s1. The number of benzene rings is 2. The van der Waals surface area contributed by atoms with E-state index in [9.17, 15) is 13.2 Å². The van der Waals surface area contributed by atoms with Crippen LogP contribution in [0, 0.1) is 5.41 Å². The SMILES string of the molecule is C=C1NC(=O)[C@@]2(C[C@H]2c2ccc3c(Nc4cc5c(cc4OC)S(=O)(=O)C=C5)n[nH]c3c2)/C1=C/C(=C\C)OC. The zero-order valence-electron chi connectivity index (χ0n) is 21.1. The second kappa shape index (κ2) is 8.35. The number of nitrogens with one attached hydrogen (secondary N) is 3. The van der Waals surface area contributed by atoms with Crippen LogP contribution in [0.3, 0.4) is 0 Å². The van der Waals surface area contributed by atoms with Gasteiger partial charge < -0.3 is 20.1 Å². The molecule has 2 aliphatic heterocycles. The maximum atomic E-state index is 13.0. The van der Waals surface area contributed by atoms with Crippen LogP contribution >= 0.6 is 0 Å². The summed E-state index contributed by atoms with van der Waals surface area (Å²) in [6.07, 6.45) is 5.99. The van der Waals surface area contributed by atoms with Crippen molar-refractivity contribution in [2.45, 2.75) is 24.2 Å². The van der Waals surface area contributed by atoms with Gasteiger partial charge in [0.25, 0.3) is 0 Å². The predicted octanol–water partition coefficient (Wildman–Crippen LogP) is 4.67. The van der Waals surface area contributed by atoms with E-state index in [-0.39, 0.29) is 16.7 Å². The van der Waals surface area contributed by atoms with Gasteiger partial charge in [0.05, 0.1) is 35.7 Å². The number of carbonyl (C=O) groups is 1. The number of hydrogen-bond acceptors (Lipinski definition) is 7. The summed E-state index contributed by atoms with van der Waals surface area (Å²) in [5, 5.41) is 15.7. The molecule has 3 aliphatic rings. The number of rotatable bonds is 6. The Hall–Kier alpha value is -4.31. The van der Waals surface area contributed by atoms with Crippen molar-refractivity contribution in [1.29, 1.82) is 0 Å². The summed E-state index contributed by atoms with van der Waals surface area (Å²) < 4.78 is 35.3. The highest BCUT2D eigenvalue weighted by Gasteiger charge is 2.66. The van der Waals surface area contributed by atoms with Crippen LogP contribution in [0.4, 0.5) is 11.5 Å². The monoisotopic (exact) mass is 530 g/mol. The Balaban J connectivity index is 1.32. The summed E-state index contributed by atoms with van der Waals surface area (Å²) in [5.74, 6) is 1.60. The molecular weight excluding hydrogens is 504 g/mol. The number of methoxy groups -OCH3 is 2. The topological polar surface area (TPSA) is 122 Å². The number of ether oxygens (including phenoxy) is 2. The molecule has 1 aliphatic carbocycles. The summed E-state index contributed by atoms with van der Waals surface area (Å²) in [5.41, 5.74) is 3.81. The smallest absolute Gasteiger partial charge is 0.235 e. The minimum atomic E-state index is -3.45. The first kappa shape index (κ1) is 24.1. The third kappa shape index (κ3) is 3.47. The van der Waals surface area contributed by atoms with Gasteiger partial charge in [0.2, 0.25) is 15.7 Å². The van der Waals surface area contributed by atoms with Crippen LogP contribution < -0.4 is 15.4 Å². The van der Waals surface area contributed by atoms with Gasteiger partial charge in [-0.25, -0.2) is 8.42 Å². The van der Waals surface area contributed by atoms with Crippen LogP contribution in [0.15, 0.2) is 76.4 Å². The highest BCUT2D eigenvalue weighted by molar-refractivity contribution is 7.94. The van der Waals surface area contributed by atoms with E-state index in [2.05, 4.69) is 27.4 Å². The molecule has 38 heavy (non-hydrogen) atoms. The number of nitrogens with zero attached hydrogens (tertiary/aromatic N) is 1. The van der Waals surface area contributed by atoms with Crippen LogP contribution in [-0.2, 0) is 19.4 Å². The molecular formula is C28H26N4O5S. The van der Waals surface area contributed by atoms with Gasteiger partial charge in [0, 0.05) is 28.5 Å². The molecule has 0 bridgehead atoms. The van der Waals surface area contributed by atoms with E-state index >= 15 is 0 Å². The maximum Gasteiger partial charge on any atom is 0.235 e. The molecule has 1 saturated heterocycles. The summed E-state index contributed by atoms with van der Waals surface area (Å²) in [7, 11) is -0.355. The maximum absolute atomic E-state index is 13.0. The van der Waals surface area contributed by atoms with Crippen molar-refractivity contribution in [2.75, 3.05) is 19.5 Å². The first-order valence-corrected chi connectivity index (χ1v) is 13.6. The number of H-pyrrole nitrogens is 1. The Morgan fingerprint density at radius 2 is 2.08 bits per heavy atom. The van der Waals surface area contributed by atoms with Gasteiger partial charge in [0.15, 0.2) is 5.82 Å². The molecule has 2 fully saturated rings. The third-order valence-electron chi connectivity index (χ3n) is 7.55. The Morgan fingerprint density at radius 3 is 2.82 bits per heavy atom. The van der Waals surface area contributed by atoms with Gasteiger partial charge in [-0.3, -0.25) is 9.89 Å². The summed E-state index contributed by atoms with van der Waals surface area (Å²) >= 11 is 0. The van der Waals surface area contributed by atoms with Gasteiger partial charge in [-0.05, 0) is 66.5 Å². The van der Waals surface area contributed by atoms with Crippen molar-refractivity contribution in [3.8, 4) is 5.75 Å². The predicted molar refractivity (Wildman–Crippen MR) is 145 cm³/mol. The van der Waals surface area contributed by atoms with E-state index in [0.717, 1.165) is 22.0 Å². The van der Waals surface area contributed by atoms with E-state index in [1.807, 2.05) is 37.3 Å². The molecule has 2 atom stereocenters. The highest BCUT2D eigenvalue weighted by atomic mass is 32.2. The minimum Gasteiger partial charge on any atom is -0.497 e. The number of aromatic nitrogens is 2. The fourth-order valence-corrected chi connectivity index (χ4v) is 6.67. The minimum absolute atomic E-state index is 0.00221. The highest BCUT2D eigenvalue weighted by Crippen LogP contribution is 2.67. The lowest BCUT2D eigenvalue weighted by Crippen LogP contribution is -2.20. The van der Waals surface area contributed by atoms with Crippen molar-refractivity contribution in [3.63, 3.8) is 0 Å². The second-order valence-electron chi connectivity index (χ2n) is 9.55. The molecule has 0 unspecified atom stereocenters. The van der Waals surface area contributed by atoms with E-state index in [4.69, 9.17) is 9.47 Å². The van der Waals surface area contributed by atoms with E-state index in [1.165, 1.54) is 18.6 Å². The fourth-order valence-electron chi connectivity index (χ4n) is 5.47. The van der Waals surface area contributed by atoms with Crippen molar-refractivity contribution in [1.82, 2.24) is 15.5 Å². The van der Waals surface area contributed by atoms with Crippen molar-refractivity contribution >= 4 is 44.2 Å².